The van der Waals surface area contributed by atoms with Crippen LogP contribution in [0.4, 0.5) is 0 Å². The van der Waals surface area contributed by atoms with Crippen LogP contribution in [-0.2, 0) is 19.5 Å². The minimum Gasteiger partial charge on any atom is -0.356 e. The molecule has 4 aromatic heterocycles. The number of aromatic nitrogens is 7. The molecule has 1 N–H and O–H groups in total. The number of H-pyrrole nitrogens is 1. The molecule has 2 saturated carbocycles. The SMILES string of the molecule is CC1CC(c2cccc(-n3cc(C4CC4)c4c(-c5ccnn5C)c[nH]c4c3=O)c2)(c2nncn2C)C1. The van der Waals surface area contributed by atoms with Gasteiger partial charge in [-0.1, -0.05) is 19.1 Å². The summed E-state index contributed by atoms with van der Waals surface area (Å²) in [7, 11) is 3.95. The van der Waals surface area contributed by atoms with Crippen molar-refractivity contribution in [3.63, 3.8) is 0 Å². The summed E-state index contributed by atoms with van der Waals surface area (Å²) in [4.78, 5) is 17.2. The van der Waals surface area contributed by atoms with E-state index in [4.69, 9.17) is 0 Å². The van der Waals surface area contributed by atoms with Crippen molar-refractivity contribution in [2.24, 2.45) is 20.0 Å². The van der Waals surface area contributed by atoms with E-state index in [9.17, 15) is 4.79 Å². The topological polar surface area (TPSA) is 86.3 Å². The van der Waals surface area contributed by atoms with Crippen LogP contribution in [0, 0.1) is 5.92 Å². The molecule has 1 aromatic carbocycles. The highest BCUT2D eigenvalue weighted by Crippen LogP contribution is 2.51. The van der Waals surface area contributed by atoms with E-state index in [0.717, 1.165) is 53.8 Å². The highest BCUT2D eigenvalue weighted by Gasteiger charge is 2.48. The Labute approximate surface area is 208 Å². The quantitative estimate of drug-likeness (QED) is 0.404. The summed E-state index contributed by atoms with van der Waals surface area (Å²) in [6, 6.07) is 10.4. The summed E-state index contributed by atoms with van der Waals surface area (Å²) >= 11 is 0. The van der Waals surface area contributed by atoms with E-state index in [1.54, 1.807) is 12.5 Å². The Morgan fingerprint density at radius 2 is 1.97 bits per heavy atom. The first kappa shape index (κ1) is 21.4. The van der Waals surface area contributed by atoms with Crippen LogP contribution in [0.1, 0.15) is 55.5 Å². The smallest absolute Gasteiger partial charge is 0.279 e. The summed E-state index contributed by atoms with van der Waals surface area (Å²) in [5.41, 5.74) is 5.80. The molecular formula is C28H29N7O. The normalized spacial score (nSPS) is 21.7. The molecule has 0 bridgehead atoms. The summed E-state index contributed by atoms with van der Waals surface area (Å²) in [6.45, 7) is 2.28. The molecule has 0 saturated heterocycles. The lowest BCUT2D eigenvalue weighted by Gasteiger charge is -2.46. The Morgan fingerprint density at radius 1 is 1.14 bits per heavy atom. The van der Waals surface area contributed by atoms with Crippen LogP contribution in [0.3, 0.4) is 0 Å². The largest absolute Gasteiger partial charge is 0.356 e. The second-order valence-corrected chi connectivity index (χ2v) is 10.7. The van der Waals surface area contributed by atoms with Gasteiger partial charge in [0, 0.05) is 49.3 Å². The minimum absolute atomic E-state index is 0.0327. The standard InChI is InChI=1S/C28H29N7O/c1-17-12-28(13-17,27-32-30-16-33(27)2)19-5-4-6-20(11-19)35-15-22(18-7-8-18)24-21(14-29-25(24)26(35)36)23-9-10-31-34(23)3/h4-6,9-11,14-18,29H,7-8,12-13H2,1-3H3. The number of rotatable bonds is 5. The average Bonchev–Trinajstić information content (AvgIpc) is 3.22. The fraction of sp³-hybridized carbons (Fsp3) is 0.357. The van der Waals surface area contributed by atoms with Gasteiger partial charge in [0.25, 0.3) is 5.56 Å². The number of aromatic amines is 1. The summed E-state index contributed by atoms with van der Waals surface area (Å²) in [5, 5.41) is 14.0. The third kappa shape index (κ3) is 3.00. The van der Waals surface area contributed by atoms with Crippen molar-refractivity contribution in [2.45, 2.75) is 43.9 Å². The van der Waals surface area contributed by atoms with E-state index >= 15 is 0 Å². The minimum atomic E-state index is -0.174. The predicted octanol–water partition coefficient (Wildman–Crippen LogP) is 4.44. The fourth-order valence-electron chi connectivity index (χ4n) is 6.36. The van der Waals surface area contributed by atoms with Crippen LogP contribution in [0.5, 0.6) is 0 Å². The van der Waals surface area contributed by atoms with Crippen LogP contribution in [0.2, 0.25) is 0 Å². The van der Waals surface area contributed by atoms with Gasteiger partial charge >= 0.3 is 0 Å². The molecule has 8 nitrogen and oxygen atoms in total. The van der Waals surface area contributed by atoms with E-state index in [2.05, 4.69) is 51.6 Å². The number of benzene rings is 1. The molecule has 2 fully saturated rings. The lowest BCUT2D eigenvalue weighted by molar-refractivity contribution is 0.185. The van der Waals surface area contributed by atoms with Gasteiger partial charge in [-0.2, -0.15) is 5.10 Å². The number of nitrogens with zero attached hydrogens (tertiary/aromatic N) is 6. The number of hydrogen-bond donors (Lipinski definition) is 1. The van der Waals surface area contributed by atoms with Gasteiger partial charge in [0.2, 0.25) is 0 Å². The maximum atomic E-state index is 13.9. The van der Waals surface area contributed by atoms with E-state index in [-0.39, 0.29) is 11.0 Å². The van der Waals surface area contributed by atoms with E-state index in [1.807, 2.05) is 46.2 Å². The molecule has 0 amide bonds. The number of pyridine rings is 1. The third-order valence-electron chi connectivity index (χ3n) is 8.19. The molecule has 0 spiro atoms. The molecule has 0 atom stereocenters. The molecule has 5 aromatic rings. The number of nitrogens with one attached hydrogen (secondary N) is 1. The van der Waals surface area contributed by atoms with Gasteiger partial charge < -0.3 is 9.55 Å². The zero-order valence-corrected chi connectivity index (χ0v) is 20.8. The van der Waals surface area contributed by atoms with Gasteiger partial charge in [0.1, 0.15) is 17.7 Å². The monoisotopic (exact) mass is 479 g/mol. The predicted molar refractivity (Wildman–Crippen MR) is 138 cm³/mol. The van der Waals surface area contributed by atoms with Crippen LogP contribution in [0.15, 0.2) is 60.0 Å². The van der Waals surface area contributed by atoms with Gasteiger partial charge in [0.05, 0.1) is 11.1 Å². The first-order valence-corrected chi connectivity index (χ1v) is 12.7. The van der Waals surface area contributed by atoms with E-state index in [1.165, 1.54) is 11.1 Å². The van der Waals surface area contributed by atoms with Crippen LogP contribution >= 0.6 is 0 Å². The molecule has 182 valence electrons. The van der Waals surface area contributed by atoms with Crippen LogP contribution in [0.25, 0.3) is 27.8 Å². The van der Waals surface area contributed by atoms with Crippen LogP contribution in [-0.4, -0.2) is 34.1 Å². The Hall–Kier alpha value is -3.94. The number of aryl methyl sites for hydroxylation is 2. The Morgan fingerprint density at radius 3 is 2.64 bits per heavy atom. The summed E-state index contributed by atoms with van der Waals surface area (Å²) < 4.78 is 5.72. The van der Waals surface area contributed by atoms with Gasteiger partial charge in [0.15, 0.2) is 0 Å². The highest BCUT2D eigenvalue weighted by atomic mass is 16.1. The zero-order chi connectivity index (χ0) is 24.6. The van der Waals surface area contributed by atoms with Gasteiger partial charge in [-0.3, -0.25) is 14.0 Å². The Kier molecular flexibility index (Phi) is 4.46. The zero-order valence-electron chi connectivity index (χ0n) is 20.8. The lowest BCUT2D eigenvalue weighted by atomic mass is 9.58. The third-order valence-corrected chi connectivity index (χ3v) is 8.19. The van der Waals surface area contributed by atoms with Gasteiger partial charge in [-0.05, 0) is 66.8 Å². The van der Waals surface area contributed by atoms with Gasteiger partial charge in [-0.25, -0.2) is 0 Å². The molecule has 7 rings (SSSR count). The first-order valence-electron chi connectivity index (χ1n) is 12.7. The molecule has 2 aliphatic carbocycles. The van der Waals surface area contributed by atoms with Crippen molar-refractivity contribution in [1.29, 1.82) is 0 Å². The second kappa shape index (κ2) is 7.53. The van der Waals surface area contributed by atoms with Crippen molar-refractivity contribution in [3.8, 4) is 16.9 Å². The maximum absolute atomic E-state index is 13.9. The molecule has 2 aliphatic rings. The van der Waals surface area contributed by atoms with Crippen molar-refractivity contribution >= 4 is 10.9 Å². The Balaban J connectivity index is 1.41. The Bertz CT molecular complexity index is 1670. The van der Waals surface area contributed by atoms with Crippen molar-refractivity contribution < 1.29 is 0 Å². The van der Waals surface area contributed by atoms with Crippen molar-refractivity contribution in [1.82, 2.24) is 34.1 Å². The molecule has 0 aliphatic heterocycles. The molecule has 8 heteroatoms. The highest BCUT2D eigenvalue weighted by molar-refractivity contribution is 5.97. The van der Waals surface area contributed by atoms with Gasteiger partial charge in [-0.15, -0.1) is 10.2 Å². The van der Waals surface area contributed by atoms with Crippen molar-refractivity contribution in [3.05, 3.63) is 82.6 Å². The number of hydrogen-bond acceptors (Lipinski definition) is 4. The molecule has 36 heavy (non-hydrogen) atoms. The van der Waals surface area contributed by atoms with E-state index in [0.29, 0.717) is 17.4 Å². The van der Waals surface area contributed by atoms with Crippen LogP contribution < -0.4 is 5.56 Å². The summed E-state index contributed by atoms with van der Waals surface area (Å²) in [6.07, 6.45) is 11.9. The van der Waals surface area contributed by atoms with Crippen molar-refractivity contribution in [2.75, 3.05) is 0 Å². The average molecular weight is 480 g/mol. The fourth-order valence-corrected chi connectivity index (χ4v) is 6.36. The second-order valence-electron chi connectivity index (χ2n) is 10.7. The molecule has 0 unspecified atom stereocenters. The molecule has 0 radical (unpaired) electrons. The molecular weight excluding hydrogens is 450 g/mol. The number of fused-ring (bicyclic) bond motifs is 1. The molecule has 4 heterocycles. The summed E-state index contributed by atoms with van der Waals surface area (Å²) in [5.74, 6) is 2.09. The van der Waals surface area contributed by atoms with E-state index < -0.39 is 0 Å². The lowest BCUT2D eigenvalue weighted by Crippen LogP contribution is -2.43. The first-order chi connectivity index (χ1) is 17.5. The maximum Gasteiger partial charge on any atom is 0.279 e.